The molecule has 1 rings (SSSR count). The molecule has 5 heteroatoms. The van der Waals surface area contributed by atoms with Crippen molar-refractivity contribution in [2.75, 3.05) is 5.32 Å². The van der Waals surface area contributed by atoms with E-state index in [0.717, 1.165) is 25.0 Å². The van der Waals surface area contributed by atoms with Crippen LogP contribution in [0.25, 0.3) is 0 Å². The van der Waals surface area contributed by atoms with E-state index < -0.39 is 17.3 Å². The maximum atomic E-state index is 13.1. The van der Waals surface area contributed by atoms with Gasteiger partial charge in [-0.3, -0.25) is 4.79 Å². The lowest BCUT2D eigenvalue weighted by molar-refractivity contribution is -0.119. The Bertz CT molecular complexity index is 460. The third-order valence-electron chi connectivity index (χ3n) is 2.63. The number of aromatic carboxylic acids is 1. The van der Waals surface area contributed by atoms with Crippen LogP contribution in [0.1, 0.15) is 37.0 Å². The van der Waals surface area contributed by atoms with E-state index in [0.29, 0.717) is 5.69 Å². The molecule has 0 aromatic heterocycles. The molecule has 1 unspecified atom stereocenters. The van der Waals surface area contributed by atoms with E-state index in [4.69, 9.17) is 5.11 Å². The van der Waals surface area contributed by atoms with Gasteiger partial charge < -0.3 is 10.4 Å². The number of carboxylic acid groups (broad SMARTS) is 1. The maximum absolute atomic E-state index is 13.1. The summed E-state index contributed by atoms with van der Waals surface area (Å²) in [5.41, 5.74) is -0.155. The zero-order valence-corrected chi connectivity index (χ0v) is 10.4. The average Bonchev–Trinajstić information content (AvgIpc) is 2.31. The topological polar surface area (TPSA) is 66.4 Å². The monoisotopic (exact) mass is 253 g/mol. The third-order valence-corrected chi connectivity index (χ3v) is 2.63. The van der Waals surface area contributed by atoms with Gasteiger partial charge in [0.15, 0.2) is 0 Å². The first-order valence-electron chi connectivity index (χ1n) is 5.79. The number of hydrogen-bond acceptors (Lipinski definition) is 2. The van der Waals surface area contributed by atoms with Gasteiger partial charge in [0.1, 0.15) is 5.82 Å². The molecule has 98 valence electrons. The zero-order valence-electron chi connectivity index (χ0n) is 10.4. The third kappa shape index (κ3) is 3.55. The number of rotatable bonds is 5. The molecule has 1 aromatic rings. The Kier molecular flexibility index (Phi) is 4.83. The van der Waals surface area contributed by atoms with Gasteiger partial charge in [-0.25, -0.2) is 9.18 Å². The highest BCUT2D eigenvalue weighted by atomic mass is 19.1. The van der Waals surface area contributed by atoms with Crippen LogP contribution in [0, 0.1) is 11.7 Å². The van der Waals surface area contributed by atoms with Crippen LogP contribution in [-0.2, 0) is 4.79 Å². The van der Waals surface area contributed by atoms with Gasteiger partial charge in [0.25, 0.3) is 0 Å². The molecule has 4 nitrogen and oxygen atoms in total. The quantitative estimate of drug-likeness (QED) is 0.847. The number of carboxylic acids is 1. The van der Waals surface area contributed by atoms with Crippen molar-refractivity contribution in [1.82, 2.24) is 0 Å². The second kappa shape index (κ2) is 6.14. The normalized spacial score (nSPS) is 11.9. The van der Waals surface area contributed by atoms with Crippen LogP contribution in [-0.4, -0.2) is 17.0 Å². The molecule has 2 N–H and O–H groups in total. The molecule has 0 aliphatic heterocycles. The SMILES string of the molecule is CCCC(C)C(=O)Nc1ccc(F)c(C(=O)O)c1. The van der Waals surface area contributed by atoms with Crippen molar-refractivity contribution < 1.29 is 19.1 Å². The second-order valence-corrected chi connectivity index (χ2v) is 4.18. The van der Waals surface area contributed by atoms with E-state index in [2.05, 4.69) is 5.32 Å². The highest BCUT2D eigenvalue weighted by Crippen LogP contribution is 2.16. The summed E-state index contributed by atoms with van der Waals surface area (Å²) in [7, 11) is 0. The van der Waals surface area contributed by atoms with Crippen molar-refractivity contribution in [3.05, 3.63) is 29.6 Å². The van der Waals surface area contributed by atoms with Crippen LogP contribution < -0.4 is 5.32 Å². The highest BCUT2D eigenvalue weighted by molar-refractivity contribution is 5.94. The number of hydrogen-bond donors (Lipinski definition) is 2. The zero-order chi connectivity index (χ0) is 13.7. The lowest BCUT2D eigenvalue weighted by Gasteiger charge is -2.11. The number of anilines is 1. The van der Waals surface area contributed by atoms with Crippen LogP contribution in [0.5, 0.6) is 0 Å². The Morgan fingerprint density at radius 2 is 2.11 bits per heavy atom. The predicted octanol–water partition coefficient (Wildman–Crippen LogP) is 2.90. The molecule has 0 saturated heterocycles. The summed E-state index contributed by atoms with van der Waals surface area (Å²) in [5.74, 6) is -2.53. The molecular weight excluding hydrogens is 237 g/mol. The second-order valence-electron chi connectivity index (χ2n) is 4.18. The minimum atomic E-state index is -1.36. The van der Waals surface area contributed by atoms with E-state index in [-0.39, 0.29) is 11.8 Å². The van der Waals surface area contributed by atoms with Gasteiger partial charge in [0.05, 0.1) is 5.56 Å². The minimum absolute atomic E-state index is 0.159. The number of carbonyl (C=O) groups is 2. The molecular formula is C13H16FNO3. The Balaban J connectivity index is 2.82. The van der Waals surface area contributed by atoms with Crippen LogP contribution in [0.15, 0.2) is 18.2 Å². The maximum Gasteiger partial charge on any atom is 0.338 e. The molecule has 0 spiro atoms. The van der Waals surface area contributed by atoms with Crippen molar-refractivity contribution in [3.63, 3.8) is 0 Å². The fourth-order valence-electron chi connectivity index (χ4n) is 1.60. The van der Waals surface area contributed by atoms with Gasteiger partial charge in [-0.15, -0.1) is 0 Å². The Morgan fingerprint density at radius 3 is 2.67 bits per heavy atom. The molecule has 0 radical (unpaired) electrons. The van der Waals surface area contributed by atoms with E-state index >= 15 is 0 Å². The highest BCUT2D eigenvalue weighted by Gasteiger charge is 2.15. The molecule has 1 amide bonds. The number of nitrogens with one attached hydrogen (secondary N) is 1. The molecule has 0 aliphatic rings. The number of amides is 1. The summed E-state index contributed by atoms with van der Waals surface area (Å²) in [4.78, 5) is 22.5. The van der Waals surface area contributed by atoms with Gasteiger partial charge in [-0.1, -0.05) is 20.3 Å². The van der Waals surface area contributed by atoms with Gasteiger partial charge in [-0.05, 0) is 24.6 Å². The molecule has 0 bridgehead atoms. The average molecular weight is 253 g/mol. The van der Waals surface area contributed by atoms with Gasteiger partial charge in [0, 0.05) is 11.6 Å². The number of halogens is 1. The molecule has 0 saturated carbocycles. The smallest absolute Gasteiger partial charge is 0.338 e. The summed E-state index contributed by atoms with van der Waals surface area (Å²) in [6, 6.07) is 3.50. The van der Waals surface area contributed by atoms with Crippen molar-refractivity contribution in [2.45, 2.75) is 26.7 Å². The van der Waals surface area contributed by atoms with Crippen LogP contribution in [0.4, 0.5) is 10.1 Å². The fourth-order valence-corrected chi connectivity index (χ4v) is 1.60. The lowest BCUT2D eigenvalue weighted by Crippen LogP contribution is -2.20. The van der Waals surface area contributed by atoms with Crippen molar-refractivity contribution in [1.29, 1.82) is 0 Å². The molecule has 1 atom stereocenters. The van der Waals surface area contributed by atoms with Crippen molar-refractivity contribution in [3.8, 4) is 0 Å². The first-order valence-corrected chi connectivity index (χ1v) is 5.79. The summed E-state index contributed by atoms with van der Waals surface area (Å²) in [6.07, 6.45) is 1.64. The molecule has 0 heterocycles. The van der Waals surface area contributed by atoms with E-state index in [1.54, 1.807) is 6.92 Å². The molecule has 1 aromatic carbocycles. The number of carbonyl (C=O) groups excluding carboxylic acids is 1. The van der Waals surface area contributed by atoms with Crippen molar-refractivity contribution in [2.24, 2.45) is 5.92 Å². The lowest BCUT2D eigenvalue weighted by atomic mass is 10.1. The van der Waals surface area contributed by atoms with E-state index in [1.807, 2.05) is 6.92 Å². The molecule has 0 fully saturated rings. The van der Waals surface area contributed by atoms with Crippen LogP contribution in [0.2, 0.25) is 0 Å². The van der Waals surface area contributed by atoms with Crippen LogP contribution in [0.3, 0.4) is 0 Å². The van der Waals surface area contributed by atoms with E-state index in [9.17, 15) is 14.0 Å². The first-order chi connectivity index (χ1) is 8.45. The Hall–Kier alpha value is -1.91. The summed E-state index contributed by atoms with van der Waals surface area (Å²) >= 11 is 0. The minimum Gasteiger partial charge on any atom is -0.478 e. The van der Waals surface area contributed by atoms with Gasteiger partial charge >= 0.3 is 5.97 Å². The largest absolute Gasteiger partial charge is 0.478 e. The van der Waals surface area contributed by atoms with E-state index in [1.165, 1.54) is 6.07 Å². The number of benzene rings is 1. The standard InChI is InChI=1S/C13H16FNO3/c1-3-4-8(2)12(16)15-9-5-6-11(14)10(7-9)13(17)18/h5-8H,3-4H2,1-2H3,(H,15,16)(H,17,18). The van der Waals surface area contributed by atoms with Crippen LogP contribution >= 0.6 is 0 Å². The Labute approximate surface area is 105 Å². The summed E-state index contributed by atoms with van der Waals surface area (Å²) in [5, 5.41) is 11.3. The molecule has 18 heavy (non-hydrogen) atoms. The van der Waals surface area contributed by atoms with Gasteiger partial charge in [0.2, 0.25) is 5.91 Å². The Morgan fingerprint density at radius 1 is 1.44 bits per heavy atom. The van der Waals surface area contributed by atoms with Crippen molar-refractivity contribution >= 4 is 17.6 Å². The molecule has 0 aliphatic carbocycles. The summed E-state index contributed by atoms with van der Waals surface area (Å²) < 4.78 is 13.1. The first kappa shape index (κ1) is 14.2. The summed E-state index contributed by atoms with van der Waals surface area (Å²) in [6.45, 7) is 3.77. The fraction of sp³-hybridized carbons (Fsp3) is 0.385. The van der Waals surface area contributed by atoms with Gasteiger partial charge in [-0.2, -0.15) is 0 Å². The predicted molar refractivity (Wildman–Crippen MR) is 66.1 cm³/mol.